The lowest BCUT2D eigenvalue weighted by atomic mass is 10.1. The summed E-state index contributed by atoms with van der Waals surface area (Å²) in [4.78, 5) is 14.9. The van der Waals surface area contributed by atoms with Crippen LogP contribution >= 0.6 is 11.3 Å². The average molecular weight is 287 g/mol. The van der Waals surface area contributed by atoms with Crippen molar-refractivity contribution < 1.29 is 9.90 Å². The Bertz CT molecular complexity index is 673. The van der Waals surface area contributed by atoms with Crippen molar-refractivity contribution in [1.82, 2.24) is 4.98 Å². The van der Waals surface area contributed by atoms with E-state index in [1.54, 1.807) is 12.1 Å². The number of anilines is 2. The molecule has 5 nitrogen and oxygen atoms in total. The Hall–Kier alpha value is -2.39. The van der Waals surface area contributed by atoms with Crippen molar-refractivity contribution in [3.05, 3.63) is 40.4 Å². The number of hydrogen-bond acceptors (Lipinski definition) is 5. The van der Waals surface area contributed by atoms with Gasteiger partial charge in [-0.15, -0.1) is 11.3 Å². The summed E-state index contributed by atoms with van der Waals surface area (Å²) < 4.78 is 0. The number of aryl methyl sites for hydroxylation is 2. The van der Waals surface area contributed by atoms with E-state index in [2.05, 4.69) is 16.4 Å². The second-order valence-corrected chi connectivity index (χ2v) is 5.16. The molecule has 0 saturated carbocycles. The lowest BCUT2D eigenvalue weighted by Crippen LogP contribution is -1.98. The molecule has 0 atom stereocenters. The van der Waals surface area contributed by atoms with Gasteiger partial charge in [-0.1, -0.05) is 6.07 Å². The van der Waals surface area contributed by atoms with Crippen LogP contribution in [0, 0.1) is 18.3 Å². The maximum Gasteiger partial charge on any atom is 0.303 e. The molecule has 6 heteroatoms. The molecule has 2 N–H and O–H groups in total. The van der Waals surface area contributed by atoms with Crippen LogP contribution in [-0.2, 0) is 11.2 Å². The number of nitrogens with one attached hydrogen (secondary N) is 1. The van der Waals surface area contributed by atoms with Gasteiger partial charge in [0, 0.05) is 17.5 Å². The largest absolute Gasteiger partial charge is 0.481 e. The molecule has 20 heavy (non-hydrogen) atoms. The molecule has 2 aromatic rings. The van der Waals surface area contributed by atoms with Crippen LogP contribution in [0.3, 0.4) is 0 Å². The molecule has 0 aliphatic carbocycles. The maximum atomic E-state index is 10.5. The lowest BCUT2D eigenvalue weighted by Gasteiger charge is -2.06. The first-order valence-corrected chi connectivity index (χ1v) is 6.90. The molecule has 0 bridgehead atoms. The van der Waals surface area contributed by atoms with E-state index in [4.69, 9.17) is 10.4 Å². The van der Waals surface area contributed by atoms with Gasteiger partial charge < -0.3 is 10.4 Å². The van der Waals surface area contributed by atoms with Crippen LogP contribution in [-0.4, -0.2) is 16.1 Å². The lowest BCUT2D eigenvalue weighted by molar-refractivity contribution is -0.136. The second-order valence-electron chi connectivity index (χ2n) is 4.30. The molecular weight excluding hydrogens is 274 g/mol. The fourth-order valence-corrected chi connectivity index (χ4v) is 2.41. The quantitative estimate of drug-likeness (QED) is 0.882. The number of aromatic nitrogens is 1. The van der Waals surface area contributed by atoms with E-state index in [1.807, 2.05) is 18.4 Å². The summed E-state index contributed by atoms with van der Waals surface area (Å²) in [6.07, 6.45) is 0.497. The van der Waals surface area contributed by atoms with E-state index in [-0.39, 0.29) is 6.42 Å². The molecule has 1 aromatic carbocycles. The van der Waals surface area contributed by atoms with Crippen LogP contribution in [0.2, 0.25) is 0 Å². The number of benzene rings is 1. The number of aliphatic carboxylic acids is 1. The summed E-state index contributed by atoms with van der Waals surface area (Å²) in [6.45, 7) is 1.95. The number of rotatable bonds is 5. The predicted molar refractivity (Wildman–Crippen MR) is 77.2 cm³/mol. The molecule has 1 heterocycles. The first-order chi connectivity index (χ1) is 9.58. The Morgan fingerprint density at radius 1 is 1.55 bits per heavy atom. The number of hydrogen-bond donors (Lipinski definition) is 2. The number of nitrogens with zero attached hydrogens (tertiary/aromatic N) is 2. The summed E-state index contributed by atoms with van der Waals surface area (Å²) in [5, 5.41) is 23.2. The van der Waals surface area contributed by atoms with Gasteiger partial charge in [-0.3, -0.25) is 4.79 Å². The molecule has 102 valence electrons. The number of carboxylic acid groups (broad SMARTS) is 1. The first kappa shape index (κ1) is 14.0. The highest BCUT2D eigenvalue weighted by Crippen LogP contribution is 2.24. The van der Waals surface area contributed by atoms with Crippen molar-refractivity contribution >= 4 is 28.1 Å². The normalized spacial score (nSPS) is 10.0. The van der Waals surface area contributed by atoms with Gasteiger partial charge in [0.05, 0.1) is 23.7 Å². The van der Waals surface area contributed by atoms with Gasteiger partial charge in [0.15, 0.2) is 5.13 Å². The highest BCUT2D eigenvalue weighted by molar-refractivity contribution is 7.13. The molecule has 0 fully saturated rings. The van der Waals surface area contributed by atoms with Crippen LogP contribution in [0.1, 0.15) is 23.2 Å². The van der Waals surface area contributed by atoms with E-state index in [9.17, 15) is 4.79 Å². The molecule has 0 saturated heterocycles. The first-order valence-electron chi connectivity index (χ1n) is 6.02. The Kier molecular flexibility index (Phi) is 4.33. The zero-order valence-corrected chi connectivity index (χ0v) is 11.7. The Morgan fingerprint density at radius 3 is 3.05 bits per heavy atom. The van der Waals surface area contributed by atoms with Gasteiger partial charge in [0.2, 0.25) is 0 Å². The zero-order valence-electron chi connectivity index (χ0n) is 10.9. The van der Waals surface area contributed by atoms with Crippen molar-refractivity contribution in [2.75, 3.05) is 5.32 Å². The third kappa shape index (κ3) is 3.56. The predicted octanol–water partition coefficient (Wildman–Crippen LogP) is 3.08. The highest BCUT2D eigenvalue weighted by Gasteiger charge is 2.06. The summed E-state index contributed by atoms with van der Waals surface area (Å²) >= 11 is 1.42. The standard InChI is InChI=1S/C14H13N3O2S/c1-9-2-3-10(7-15)6-12(9)17-14-16-11(8-20-14)4-5-13(18)19/h2-3,6,8H,4-5H2,1H3,(H,16,17)(H,18,19). The monoisotopic (exact) mass is 287 g/mol. The summed E-state index contributed by atoms with van der Waals surface area (Å²) in [7, 11) is 0. The maximum absolute atomic E-state index is 10.5. The molecule has 0 amide bonds. The average Bonchev–Trinajstić information content (AvgIpc) is 2.86. The fourth-order valence-electron chi connectivity index (χ4n) is 1.66. The number of thiazole rings is 1. The minimum Gasteiger partial charge on any atom is -0.481 e. The fraction of sp³-hybridized carbons (Fsp3) is 0.214. The van der Waals surface area contributed by atoms with E-state index in [0.29, 0.717) is 17.1 Å². The number of nitriles is 1. The number of carbonyl (C=O) groups is 1. The minimum atomic E-state index is -0.829. The van der Waals surface area contributed by atoms with Crippen molar-refractivity contribution in [2.45, 2.75) is 19.8 Å². The Balaban J connectivity index is 2.10. The Labute approximate surface area is 120 Å². The highest BCUT2D eigenvalue weighted by atomic mass is 32.1. The van der Waals surface area contributed by atoms with Crippen molar-refractivity contribution in [2.24, 2.45) is 0 Å². The summed E-state index contributed by atoms with van der Waals surface area (Å²) in [5.41, 5.74) is 3.20. The van der Waals surface area contributed by atoms with Crippen molar-refractivity contribution in [1.29, 1.82) is 5.26 Å². The van der Waals surface area contributed by atoms with Gasteiger partial charge >= 0.3 is 5.97 Å². The molecule has 0 spiro atoms. The molecule has 2 rings (SSSR count). The second kappa shape index (κ2) is 6.17. The van der Waals surface area contributed by atoms with Crippen LogP contribution in [0.4, 0.5) is 10.8 Å². The number of carboxylic acids is 1. The van der Waals surface area contributed by atoms with Crippen LogP contribution in [0.15, 0.2) is 23.6 Å². The summed E-state index contributed by atoms with van der Waals surface area (Å²) in [6, 6.07) is 7.51. The van der Waals surface area contributed by atoms with E-state index in [1.165, 1.54) is 11.3 Å². The van der Waals surface area contributed by atoms with Crippen LogP contribution in [0.5, 0.6) is 0 Å². The Morgan fingerprint density at radius 2 is 2.35 bits per heavy atom. The van der Waals surface area contributed by atoms with E-state index >= 15 is 0 Å². The van der Waals surface area contributed by atoms with Crippen molar-refractivity contribution in [3.63, 3.8) is 0 Å². The molecule has 1 aromatic heterocycles. The van der Waals surface area contributed by atoms with Crippen LogP contribution in [0.25, 0.3) is 0 Å². The topological polar surface area (TPSA) is 86.0 Å². The van der Waals surface area contributed by atoms with Crippen molar-refractivity contribution in [3.8, 4) is 6.07 Å². The van der Waals surface area contributed by atoms with Crippen LogP contribution < -0.4 is 5.32 Å². The third-order valence-electron chi connectivity index (χ3n) is 2.76. The van der Waals surface area contributed by atoms with E-state index in [0.717, 1.165) is 16.9 Å². The molecule has 0 radical (unpaired) electrons. The third-order valence-corrected chi connectivity index (χ3v) is 3.56. The SMILES string of the molecule is Cc1ccc(C#N)cc1Nc1nc(CCC(=O)O)cs1. The zero-order chi connectivity index (χ0) is 14.5. The molecular formula is C14H13N3O2S. The smallest absolute Gasteiger partial charge is 0.303 e. The van der Waals surface area contributed by atoms with Gasteiger partial charge in [-0.25, -0.2) is 4.98 Å². The molecule has 0 aliphatic heterocycles. The summed E-state index contributed by atoms with van der Waals surface area (Å²) in [5.74, 6) is -0.829. The van der Waals surface area contributed by atoms with E-state index < -0.39 is 5.97 Å². The molecule has 0 aliphatic rings. The van der Waals surface area contributed by atoms with Gasteiger partial charge in [0.1, 0.15) is 0 Å². The van der Waals surface area contributed by atoms with Gasteiger partial charge in [0.25, 0.3) is 0 Å². The minimum absolute atomic E-state index is 0.0755. The van der Waals surface area contributed by atoms with Gasteiger partial charge in [-0.05, 0) is 24.6 Å². The van der Waals surface area contributed by atoms with Gasteiger partial charge in [-0.2, -0.15) is 5.26 Å². The molecule has 0 unspecified atom stereocenters.